The Bertz CT molecular complexity index is 6000. The number of hydrogen-bond acceptors (Lipinski definition) is 0. The number of fused-ring (bicyclic) bond motifs is 8. The highest BCUT2D eigenvalue weighted by Gasteiger charge is 2.08. The molecule has 19 rings (SSSR count). The van der Waals surface area contributed by atoms with E-state index in [4.69, 9.17) is 0 Å². The van der Waals surface area contributed by atoms with Crippen molar-refractivity contribution in [1.29, 1.82) is 0 Å². The fourth-order valence-electron chi connectivity index (χ4n) is 13.8. The van der Waals surface area contributed by atoms with Crippen molar-refractivity contribution in [2.75, 3.05) is 0 Å². The van der Waals surface area contributed by atoms with E-state index in [0.29, 0.717) is 0 Å². The zero-order chi connectivity index (χ0) is 72.3. The lowest BCUT2D eigenvalue weighted by Crippen LogP contribution is -1.83. The van der Waals surface area contributed by atoms with Crippen molar-refractivity contribution in [3.05, 3.63) is 445 Å². The van der Waals surface area contributed by atoms with E-state index in [0.717, 1.165) is 0 Å². The maximum atomic E-state index is 2.26. The van der Waals surface area contributed by atoms with Crippen LogP contribution in [0.4, 0.5) is 0 Å². The van der Waals surface area contributed by atoms with Crippen LogP contribution in [0.5, 0.6) is 0 Å². The Morgan fingerprint density at radius 2 is 0.400 bits per heavy atom. The van der Waals surface area contributed by atoms with Crippen molar-refractivity contribution in [2.24, 2.45) is 0 Å². The molecule has 0 fully saturated rings. The van der Waals surface area contributed by atoms with Gasteiger partial charge in [0.05, 0.1) is 0 Å². The minimum absolute atomic E-state index is 1.27. The molecule has 0 saturated heterocycles. The zero-order valence-corrected chi connectivity index (χ0v) is 61.2. The molecule has 0 heterocycles. The smallest absolute Gasteiger partial charge is 0.0103 e. The summed E-state index contributed by atoms with van der Waals surface area (Å²) in [4.78, 5) is 0. The molecule has 19 aromatic rings. The summed E-state index contributed by atoms with van der Waals surface area (Å²) in [5.74, 6) is 0. The highest BCUT2D eigenvalue weighted by molar-refractivity contribution is 6.01. The van der Waals surface area contributed by atoms with Crippen molar-refractivity contribution in [3.8, 4) is 44.5 Å². The van der Waals surface area contributed by atoms with Gasteiger partial charge in [-0.2, -0.15) is 0 Å². The topological polar surface area (TPSA) is 0 Å². The summed E-state index contributed by atoms with van der Waals surface area (Å²) < 4.78 is 0. The maximum absolute atomic E-state index is 2.26. The lowest BCUT2D eigenvalue weighted by Gasteiger charge is -2.09. The Balaban J connectivity index is 0.000000109. The van der Waals surface area contributed by atoms with Gasteiger partial charge in [0, 0.05) is 0 Å². The van der Waals surface area contributed by atoms with Crippen LogP contribution in [0.1, 0.15) is 38.9 Å². The second kappa shape index (κ2) is 34.3. The summed E-state index contributed by atoms with van der Waals surface area (Å²) in [6.07, 6.45) is 0. The van der Waals surface area contributed by atoms with Gasteiger partial charge in [0.15, 0.2) is 0 Å². The average molecular weight is 1350 g/mol. The second-order valence-corrected chi connectivity index (χ2v) is 27.2. The molecule has 0 spiro atoms. The summed E-state index contributed by atoms with van der Waals surface area (Å²) in [5.41, 5.74) is 19.6. The number of benzene rings is 19. The zero-order valence-electron chi connectivity index (χ0n) is 61.2. The summed E-state index contributed by atoms with van der Waals surface area (Å²) >= 11 is 0. The first-order valence-corrected chi connectivity index (χ1v) is 36.4. The van der Waals surface area contributed by atoms with Gasteiger partial charge in [0.25, 0.3) is 0 Å². The molecule has 0 amide bonds. The Morgan fingerprint density at radius 3 is 0.924 bits per heavy atom. The monoisotopic (exact) mass is 1350 g/mol. The molecule has 105 heavy (non-hydrogen) atoms. The Kier molecular flexibility index (Phi) is 23.1. The van der Waals surface area contributed by atoms with Crippen molar-refractivity contribution in [1.82, 2.24) is 0 Å². The van der Waals surface area contributed by atoms with Gasteiger partial charge in [-0.25, -0.2) is 0 Å². The second-order valence-electron chi connectivity index (χ2n) is 27.2. The van der Waals surface area contributed by atoms with E-state index >= 15 is 0 Å². The molecule has 0 aliphatic rings. The lowest BCUT2D eigenvalue weighted by atomic mass is 9.96. The van der Waals surface area contributed by atoms with Crippen LogP contribution in [-0.4, -0.2) is 0 Å². The molecule has 19 aromatic carbocycles. The summed E-state index contributed by atoms with van der Waals surface area (Å²) in [7, 11) is 0. The predicted molar refractivity (Wildman–Crippen MR) is 460 cm³/mol. The van der Waals surface area contributed by atoms with Crippen LogP contribution in [-0.2, 0) is 0 Å². The molecule has 0 atom stereocenters. The first kappa shape index (κ1) is 70.7. The van der Waals surface area contributed by atoms with Gasteiger partial charge < -0.3 is 0 Å². The van der Waals surface area contributed by atoms with E-state index in [1.165, 1.54) is 170 Å². The molecule has 0 aromatic heterocycles. The largest absolute Gasteiger partial charge is 0.0622 e. The van der Waals surface area contributed by atoms with Crippen molar-refractivity contribution >= 4 is 86.2 Å². The van der Waals surface area contributed by atoms with Crippen molar-refractivity contribution < 1.29 is 0 Å². The van der Waals surface area contributed by atoms with Gasteiger partial charge >= 0.3 is 0 Å². The fourth-order valence-corrected chi connectivity index (χ4v) is 13.8. The van der Waals surface area contributed by atoms with Gasteiger partial charge in [-0.15, -0.1) is 0 Å². The molecule has 0 N–H and O–H groups in total. The highest BCUT2D eigenvalue weighted by atomic mass is 14.1. The summed E-state index contributed by atoms with van der Waals surface area (Å²) in [6, 6.07) is 144. The van der Waals surface area contributed by atoms with E-state index in [-0.39, 0.29) is 0 Å². The standard InChI is InChI=1S/4C17H14.C15H12.2C11H10/c1-13-7-5-12-17-15(13)10-6-11-16(17)14-8-3-2-4-9-14;1-13-11-12-16(14-7-3-2-4-8-14)17-10-6-5-9-15(13)17;1-13-7-8-17-12-16(10-9-15(17)11-13)14-5-3-2-4-6-14;1-13-7-8-15-9-10-16(12-17(15)11-13)14-5-3-2-4-6-14;1-11-6-7-14-9-12-4-2-3-5-13(12)10-15(14)8-11;1-9-5-4-7-10-6-2-3-8-11(9)10;1-9-6-7-10-4-2-3-5-11(10)8-9/h4*2-12H,1H3;2-10H,1H3;2*2-8H,1H3. The molecule has 508 valence electrons. The van der Waals surface area contributed by atoms with Crippen molar-refractivity contribution in [2.45, 2.75) is 48.5 Å². The number of hydrogen-bond donors (Lipinski definition) is 0. The van der Waals surface area contributed by atoms with Crippen LogP contribution in [0.2, 0.25) is 0 Å². The molecule has 0 nitrogen and oxygen atoms in total. The third-order valence-electron chi connectivity index (χ3n) is 19.4. The summed E-state index contributed by atoms with van der Waals surface area (Å²) in [6.45, 7) is 15.0. The molecule has 0 aliphatic carbocycles. The van der Waals surface area contributed by atoms with E-state index in [9.17, 15) is 0 Å². The van der Waals surface area contributed by atoms with Crippen molar-refractivity contribution in [3.63, 3.8) is 0 Å². The average Bonchev–Trinajstić information content (AvgIpc) is 0.800. The fraction of sp³-hybridized carbons (Fsp3) is 0.0667. The van der Waals surface area contributed by atoms with E-state index in [2.05, 4.69) is 449 Å². The first-order valence-electron chi connectivity index (χ1n) is 36.4. The Morgan fingerprint density at radius 1 is 0.124 bits per heavy atom. The van der Waals surface area contributed by atoms with Crippen LogP contribution in [0.25, 0.3) is 131 Å². The lowest BCUT2D eigenvalue weighted by molar-refractivity contribution is 1.50. The maximum Gasteiger partial charge on any atom is -0.0103 e. The highest BCUT2D eigenvalue weighted by Crippen LogP contribution is 2.33. The molecular formula is C105H88. The number of rotatable bonds is 4. The molecule has 0 saturated carbocycles. The molecule has 0 radical (unpaired) electrons. The molecule has 0 aliphatic heterocycles. The third-order valence-corrected chi connectivity index (χ3v) is 19.4. The third kappa shape index (κ3) is 18.1. The first-order chi connectivity index (χ1) is 51.4. The molecule has 0 unspecified atom stereocenters. The van der Waals surface area contributed by atoms with Gasteiger partial charge in [0.2, 0.25) is 0 Å². The van der Waals surface area contributed by atoms with Crippen LogP contribution in [0, 0.1) is 48.5 Å². The Hall–Kier alpha value is -12.7. The minimum Gasteiger partial charge on any atom is -0.0622 e. The van der Waals surface area contributed by atoms with Crippen LogP contribution < -0.4 is 0 Å². The van der Waals surface area contributed by atoms with E-state index in [1.54, 1.807) is 0 Å². The van der Waals surface area contributed by atoms with Gasteiger partial charge in [-0.3, -0.25) is 0 Å². The molecule has 0 bridgehead atoms. The molecular weight excluding hydrogens is 1260 g/mol. The van der Waals surface area contributed by atoms with Crippen LogP contribution in [0.15, 0.2) is 406 Å². The number of aryl methyl sites for hydroxylation is 7. The normalized spacial score (nSPS) is 10.6. The summed E-state index contributed by atoms with van der Waals surface area (Å²) in [5, 5.41) is 21.2. The van der Waals surface area contributed by atoms with Crippen LogP contribution in [0.3, 0.4) is 0 Å². The Labute approximate surface area is 620 Å². The minimum atomic E-state index is 1.27. The SMILES string of the molecule is Cc1ccc(-c2ccccc2)c2ccccc12.Cc1ccc2cc(-c3ccccc3)ccc2c1.Cc1ccc2cc3ccccc3cc2c1.Cc1ccc2ccc(-c3ccccc3)cc2c1.Cc1ccc2ccccc2c1.Cc1cccc2c(-c3ccccc3)cccc12.Cc1cccc2ccccc12. The van der Waals surface area contributed by atoms with E-state index in [1.807, 2.05) is 6.07 Å². The van der Waals surface area contributed by atoms with Gasteiger partial charge in [-0.1, -0.05) is 404 Å². The predicted octanol–water partition coefficient (Wildman–Crippen LogP) is 29.9. The van der Waals surface area contributed by atoms with Gasteiger partial charge in [-0.05, 0) is 220 Å². The molecule has 0 heteroatoms. The van der Waals surface area contributed by atoms with Crippen LogP contribution >= 0.6 is 0 Å². The van der Waals surface area contributed by atoms with Gasteiger partial charge in [0.1, 0.15) is 0 Å². The van der Waals surface area contributed by atoms with E-state index < -0.39 is 0 Å². The quantitative estimate of drug-likeness (QED) is 0.154.